The predicted molar refractivity (Wildman–Crippen MR) is 123 cm³/mol. The lowest BCUT2D eigenvalue weighted by Crippen LogP contribution is -2.49. The summed E-state index contributed by atoms with van der Waals surface area (Å²) >= 11 is 0. The Hall–Kier alpha value is -2.59. The van der Waals surface area contributed by atoms with Crippen molar-refractivity contribution in [1.29, 1.82) is 0 Å². The van der Waals surface area contributed by atoms with Crippen LogP contribution in [-0.2, 0) is 10.0 Å². The third-order valence-electron chi connectivity index (χ3n) is 6.02. The average molecular weight is 462 g/mol. The van der Waals surface area contributed by atoms with E-state index in [0.29, 0.717) is 43.6 Å². The van der Waals surface area contributed by atoms with E-state index in [9.17, 15) is 8.42 Å². The van der Waals surface area contributed by atoms with Crippen molar-refractivity contribution in [2.75, 3.05) is 63.3 Å². The summed E-state index contributed by atoms with van der Waals surface area (Å²) in [7, 11) is -0.620. The third-order valence-corrected chi connectivity index (χ3v) is 7.92. The molecule has 1 aromatic carbocycles. The number of hydrogen-bond acceptors (Lipinski definition) is 8. The molecule has 3 heterocycles. The Morgan fingerprint density at radius 1 is 0.812 bits per heavy atom. The van der Waals surface area contributed by atoms with E-state index in [-0.39, 0.29) is 4.90 Å². The lowest BCUT2D eigenvalue weighted by Gasteiger charge is -2.35. The van der Waals surface area contributed by atoms with Gasteiger partial charge in [-0.3, -0.25) is 0 Å². The number of aryl methyl sites for hydroxylation is 1. The summed E-state index contributed by atoms with van der Waals surface area (Å²) in [6, 6.07) is 6.71. The second-order valence-electron chi connectivity index (χ2n) is 8.12. The number of methoxy groups -OCH3 is 2. The SMILES string of the molecule is COc1ccc(S(=O)(=O)N2CCN(c3nc(C)cc(N4CCCCC4)n3)CC2)cc1OC. The highest BCUT2D eigenvalue weighted by molar-refractivity contribution is 7.89. The molecule has 2 fully saturated rings. The summed E-state index contributed by atoms with van der Waals surface area (Å²) in [6.45, 7) is 5.84. The molecule has 0 atom stereocenters. The Morgan fingerprint density at radius 3 is 2.16 bits per heavy atom. The van der Waals surface area contributed by atoms with Crippen LogP contribution in [0, 0.1) is 6.92 Å². The minimum absolute atomic E-state index is 0.197. The van der Waals surface area contributed by atoms with Crippen LogP contribution in [0.3, 0.4) is 0 Å². The fourth-order valence-electron chi connectivity index (χ4n) is 4.22. The van der Waals surface area contributed by atoms with E-state index >= 15 is 0 Å². The lowest BCUT2D eigenvalue weighted by atomic mass is 10.1. The van der Waals surface area contributed by atoms with Gasteiger partial charge in [0.1, 0.15) is 5.82 Å². The molecule has 0 N–H and O–H groups in total. The number of nitrogens with zero attached hydrogens (tertiary/aromatic N) is 5. The number of ether oxygens (including phenoxy) is 2. The van der Waals surface area contributed by atoms with E-state index in [1.165, 1.54) is 43.9 Å². The summed E-state index contributed by atoms with van der Waals surface area (Å²) in [5, 5.41) is 0. The quantitative estimate of drug-likeness (QED) is 0.648. The van der Waals surface area contributed by atoms with Crippen LogP contribution in [0.25, 0.3) is 0 Å². The van der Waals surface area contributed by atoms with Crippen molar-refractivity contribution in [2.24, 2.45) is 0 Å². The zero-order chi connectivity index (χ0) is 22.7. The van der Waals surface area contributed by atoms with Crippen LogP contribution in [-0.4, -0.2) is 76.2 Å². The molecule has 0 spiro atoms. The van der Waals surface area contributed by atoms with E-state index in [0.717, 1.165) is 24.6 Å². The topological polar surface area (TPSA) is 88.1 Å². The molecule has 0 saturated carbocycles. The van der Waals surface area contributed by atoms with Crippen molar-refractivity contribution in [1.82, 2.24) is 14.3 Å². The van der Waals surface area contributed by atoms with E-state index in [4.69, 9.17) is 14.5 Å². The summed E-state index contributed by atoms with van der Waals surface area (Å²) in [6.07, 6.45) is 3.64. The number of aromatic nitrogens is 2. The van der Waals surface area contributed by atoms with E-state index in [2.05, 4.69) is 14.8 Å². The summed E-state index contributed by atoms with van der Waals surface area (Å²) < 4.78 is 38.4. The molecule has 4 rings (SSSR count). The maximum atomic E-state index is 13.2. The Labute approximate surface area is 190 Å². The molecular formula is C22H31N5O4S. The summed E-state index contributed by atoms with van der Waals surface area (Å²) in [5.41, 5.74) is 0.927. The Morgan fingerprint density at radius 2 is 1.50 bits per heavy atom. The van der Waals surface area contributed by atoms with Crippen LogP contribution < -0.4 is 19.3 Å². The van der Waals surface area contributed by atoms with Crippen molar-refractivity contribution >= 4 is 21.8 Å². The van der Waals surface area contributed by atoms with Gasteiger partial charge in [-0.1, -0.05) is 0 Å². The van der Waals surface area contributed by atoms with Crippen molar-refractivity contribution in [2.45, 2.75) is 31.1 Å². The van der Waals surface area contributed by atoms with Gasteiger partial charge in [0.05, 0.1) is 19.1 Å². The standard InChI is InChI=1S/C22H31N5O4S/c1-17-15-21(25-9-5-4-6-10-25)24-22(23-17)26-11-13-27(14-12-26)32(28,29)18-7-8-19(30-2)20(16-18)31-3/h7-8,15-16H,4-6,9-14H2,1-3H3. The van der Waals surface area contributed by atoms with Gasteiger partial charge < -0.3 is 19.3 Å². The molecule has 0 aliphatic carbocycles. The maximum absolute atomic E-state index is 13.2. The average Bonchev–Trinajstić information content (AvgIpc) is 2.83. The molecule has 32 heavy (non-hydrogen) atoms. The molecule has 174 valence electrons. The van der Waals surface area contributed by atoms with Crippen LogP contribution in [0.1, 0.15) is 25.0 Å². The molecule has 10 heteroatoms. The highest BCUT2D eigenvalue weighted by Gasteiger charge is 2.30. The van der Waals surface area contributed by atoms with E-state index in [1.807, 2.05) is 13.0 Å². The smallest absolute Gasteiger partial charge is 0.243 e. The Balaban J connectivity index is 1.48. The second kappa shape index (κ2) is 9.50. The summed E-state index contributed by atoms with van der Waals surface area (Å²) in [5.74, 6) is 2.53. The molecule has 0 unspecified atom stereocenters. The van der Waals surface area contributed by atoms with Gasteiger partial charge in [0.2, 0.25) is 16.0 Å². The molecule has 2 aliphatic rings. The van der Waals surface area contributed by atoms with Gasteiger partial charge >= 0.3 is 0 Å². The number of benzene rings is 1. The van der Waals surface area contributed by atoms with Gasteiger partial charge in [-0.2, -0.15) is 9.29 Å². The van der Waals surface area contributed by atoms with Crippen LogP contribution in [0.5, 0.6) is 11.5 Å². The number of piperidine rings is 1. The fourth-order valence-corrected chi connectivity index (χ4v) is 5.66. The van der Waals surface area contributed by atoms with E-state index in [1.54, 1.807) is 12.1 Å². The number of piperazine rings is 1. The maximum Gasteiger partial charge on any atom is 0.243 e. The molecule has 0 radical (unpaired) electrons. The molecule has 2 aromatic rings. The molecule has 1 aromatic heterocycles. The van der Waals surface area contributed by atoms with Crippen molar-refractivity contribution in [3.63, 3.8) is 0 Å². The first kappa shape index (κ1) is 22.6. The van der Waals surface area contributed by atoms with Crippen molar-refractivity contribution in [3.8, 4) is 11.5 Å². The van der Waals surface area contributed by atoms with Gasteiger partial charge in [0.25, 0.3) is 0 Å². The zero-order valence-corrected chi connectivity index (χ0v) is 19.8. The zero-order valence-electron chi connectivity index (χ0n) is 19.0. The largest absolute Gasteiger partial charge is 0.493 e. The number of anilines is 2. The first-order chi connectivity index (χ1) is 15.4. The van der Waals surface area contributed by atoms with E-state index < -0.39 is 10.0 Å². The minimum atomic E-state index is -3.64. The molecule has 0 amide bonds. The third kappa shape index (κ3) is 4.61. The van der Waals surface area contributed by atoms with Gasteiger partial charge in [-0.05, 0) is 38.3 Å². The first-order valence-electron chi connectivity index (χ1n) is 11.0. The summed E-state index contributed by atoms with van der Waals surface area (Å²) in [4.78, 5) is 14.0. The molecule has 2 saturated heterocycles. The minimum Gasteiger partial charge on any atom is -0.493 e. The Bertz CT molecular complexity index is 1050. The van der Waals surface area contributed by atoms with Crippen LogP contribution in [0.4, 0.5) is 11.8 Å². The lowest BCUT2D eigenvalue weighted by molar-refractivity contribution is 0.353. The predicted octanol–water partition coefficient (Wildman–Crippen LogP) is 2.30. The van der Waals surface area contributed by atoms with Gasteiger partial charge in [-0.15, -0.1) is 0 Å². The van der Waals surface area contributed by atoms with Crippen molar-refractivity contribution < 1.29 is 17.9 Å². The monoisotopic (exact) mass is 461 g/mol. The number of hydrogen-bond donors (Lipinski definition) is 0. The van der Waals surface area contributed by atoms with Crippen LogP contribution in [0.15, 0.2) is 29.2 Å². The molecular weight excluding hydrogens is 430 g/mol. The normalized spacial score (nSPS) is 18.0. The highest BCUT2D eigenvalue weighted by atomic mass is 32.2. The molecule has 0 bridgehead atoms. The van der Waals surface area contributed by atoms with Crippen LogP contribution in [0.2, 0.25) is 0 Å². The van der Waals surface area contributed by atoms with Gasteiger partial charge in [0, 0.05) is 57.1 Å². The number of sulfonamides is 1. The fraction of sp³-hybridized carbons (Fsp3) is 0.545. The van der Waals surface area contributed by atoms with Crippen molar-refractivity contribution in [3.05, 3.63) is 30.0 Å². The second-order valence-corrected chi connectivity index (χ2v) is 10.1. The number of rotatable bonds is 6. The molecule has 9 nitrogen and oxygen atoms in total. The van der Waals surface area contributed by atoms with Gasteiger partial charge in [-0.25, -0.2) is 13.4 Å². The first-order valence-corrected chi connectivity index (χ1v) is 12.4. The van der Waals surface area contributed by atoms with Crippen LogP contribution >= 0.6 is 0 Å². The molecule has 2 aliphatic heterocycles. The Kier molecular flexibility index (Phi) is 6.71. The van der Waals surface area contributed by atoms with Gasteiger partial charge in [0.15, 0.2) is 11.5 Å². The highest BCUT2D eigenvalue weighted by Crippen LogP contribution is 2.31.